The summed E-state index contributed by atoms with van der Waals surface area (Å²) in [7, 11) is 0. The lowest BCUT2D eigenvalue weighted by molar-refractivity contribution is -0.155. The maximum Gasteiger partial charge on any atom is 0.327 e. The molecule has 0 radical (unpaired) electrons. The van der Waals surface area contributed by atoms with E-state index >= 15 is 0 Å². The second kappa shape index (κ2) is 4.62. The lowest BCUT2D eigenvalue weighted by Gasteiger charge is -2.23. The van der Waals surface area contributed by atoms with Crippen LogP contribution in [-0.2, 0) is 9.53 Å². The van der Waals surface area contributed by atoms with Crippen LogP contribution in [0.5, 0.6) is 0 Å². The van der Waals surface area contributed by atoms with Gasteiger partial charge in [-0.3, -0.25) is 0 Å². The zero-order valence-corrected chi connectivity index (χ0v) is 9.62. The molecule has 0 aromatic rings. The molecule has 0 aromatic heterocycles. The average molecular weight is 209 g/mol. The van der Waals surface area contributed by atoms with Crippen LogP contribution in [0.25, 0.3) is 0 Å². The number of rotatable bonds is 2. The second-order valence-electron chi connectivity index (χ2n) is 4.70. The predicted octanol–water partition coefficient (Wildman–Crippen LogP) is 1.93. The van der Waals surface area contributed by atoms with Gasteiger partial charge in [-0.2, -0.15) is 0 Å². The summed E-state index contributed by atoms with van der Waals surface area (Å²) in [4.78, 5) is 11.6. The van der Waals surface area contributed by atoms with Gasteiger partial charge in [0.15, 0.2) is 0 Å². The molecule has 1 aliphatic carbocycles. The number of nitrogens with two attached hydrogens (primary N) is 1. The normalized spacial score (nSPS) is 18.3. The smallest absolute Gasteiger partial charge is 0.327 e. The summed E-state index contributed by atoms with van der Waals surface area (Å²) >= 11 is 0. The SMILES string of the molecule is CC(C)(C)OC(=O)[C@H](N)C1=CCC=CC1. The van der Waals surface area contributed by atoms with Gasteiger partial charge in [0.1, 0.15) is 11.6 Å². The van der Waals surface area contributed by atoms with Gasteiger partial charge in [0, 0.05) is 0 Å². The molecule has 84 valence electrons. The Kier molecular flexibility index (Phi) is 3.69. The molecule has 2 N–H and O–H groups in total. The average Bonchev–Trinajstić information content (AvgIpc) is 2.15. The van der Waals surface area contributed by atoms with Crippen LogP contribution in [0.4, 0.5) is 0 Å². The molecule has 3 heteroatoms. The van der Waals surface area contributed by atoms with Crippen LogP contribution < -0.4 is 5.73 Å². The van der Waals surface area contributed by atoms with Crippen LogP contribution in [0.15, 0.2) is 23.8 Å². The van der Waals surface area contributed by atoms with Gasteiger partial charge >= 0.3 is 5.97 Å². The monoisotopic (exact) mass is 209 g/mol. The van der Waals surface area contributed by atoms with Crippen molar-refractivity contribution in [3.63, 3.8) is 0 Å². The molecule has 15 heavy (non-hydrogen) atoms. The van der Waals surface area contributed by atoms with Gasteiger partial charge in [-0.25, -0.2) is 4.79 Å². The lowest BCUT2D eigenvalue weighted by Crippen LogP contribution is -2.38. The zero-order valence-electron chi connectivity index (χ0n) is 9.62. The van der Waals surface area contributed by atoms with Crippen molar-refractivity contribution in [2.45, 2.75) is 45.3 Å². The van der Waals surface area contributed by atoms with Crippen LogP contribution in [0, 0.1) is 0 Å². The van der Waals surface area contributed by atoms with Crippen LogP contribution in [0.3, 0.4) is 0 Å². The summed E-state index contributed by atoms with van der Waals surface area (Å²) in [6.45, 7) is 5.52. The molecule has 0 amide bonds. The van der Waals surface area contributed by atoms with Crippen LogP contribution in [0.1, 0.15) is 33.6 Å². The minimum Gasteiger partial charge on any atom is -0.459 e. The molecule has 0 aromatic carbocycles. The van der Waals surface area contributed by atoms with Crippen LogP contribution in [-0.4, -0.2) is 17.6 Å². The third-order valence-electron chi connectivity index (χ3n) is 2.10. The van der Waals surface area contributed by atoms with Crippen molar-refractivity contribution in [1.29, 1.82) is 0 Å². The van der Waals surface area contributed by atoms with Gasteiger partial charge in [0.25, 0.3) is 0 Å². The first-order chi connectivity index (χ1) is 6.90. The Morgan fingerprint density at radius 3 is 2.60 bits per heavy atom. The molecule has 1 rings (SSSR count). The second-order valence-corrected chi connectivity index (χ2v) is 4.70. The van der Waals surface area contributed by atoms with Crippen molar-refractivity contribution in [3.8, 4) is 0 Å². The fourth-order valence-corrected chi connectivity index (χ4v) is 1.39. The Bertz CT molecular complexity index is 297. The van der Waals surface area contributed by atoms with Crippen LogP contribution >= 0.6 is 0 Å². The van der Waals surface area contributed by atoms with Gasteiger partial charge in [0.2, 0.25) is 0 Å². The van der Waals surface area contributed by atoms with E-state index in [1.54, 1.807) is 0 Å². The maximum absolute atomic E-state index is 11.6. The van der Waals surface area contributed by atoms with E-state index in [-0.39, 0.29) is 5.97 Å². The summed E-state index contributed by atoms with van der Waals surface area (Å²) in [5.74, 6) is -0.343. The van der Waals surface area contributed by atoms with E-state index in [4.69, 9.17) is 10.5 Å². The molecule has 0 bridgehead atoms. The Labute approximate surface area is 91.0 Å². The minimum atomic E-state index is -0.617. The van der Waals surface area contributed by atoms with E-state index < -0.39 is 11.6 Å². The molecule has 0 fully saturated rings. The van der Waals surface area contributed by atoms with E-state index in [0.717, 1.165) is 18.4 Å². The standard InChI is InChI=1S/C12H19NO2/c1-12(2,3)15-11(14)10(13)9-7-5-4-6-8-9/h4-5,8,10H,6-7,13H2,1-3H3/t10-/m1/s1. The number of esters is 1. The summed E-state index contributed by atoms with van der Waals surface area (Å²) in [5, 5.41) is 0. The number of carbonyl (C=O) groups excluding carboxylic acids is 1. The van der Waals surface area contributed by atoms with Gasteiger partial charge in [-0.15, -0.1) is 0 Å². The van der Waals surface area contributed by atoms with Gasteiger partial charge in [0.05, 0.1) is 0 Å². The first kappa shape index (κ1) is 12.0. The summed E-state index contributed by atoms with van der Waals surface area (Å²) < 4.78 is 5.22. The number of carbonyl (C=O) groups is 1. The van der Waals surface area contributed by atoms with Crippen molar-refractivity contribution >= 4 is 5.97 Å². The summed E-state index contributed by atoms with van der Waals surface area (Å²) in [5.41, 5.74) is 6.30. The molecule has 1 atom stereocenters. The molecule has 0 spiro atoms. The Morgan fingerprint density at radius 1 is 1.47 bits per heavy atom. The van der Waals surface area contributed by atoms with Gasteiger partial charge < -0.3 is 10.5 Å². The third-order valence-corrected chi connectivity index (χ3v) is 2.10. The van der Waals surface area contributed by atoms with Crippen LogP contribution in [0.2, 0.25) is 0 Å². The van der Waals surface area contributed by atoms with Gasteiger partial charge in [-0.1, -0.05) is 18.2 Å². The molecular formula is C12H19NO2. The lowest BCUT2D eigenvalue weighted by atomic mass is 9.99. The van der Waals surface area contributed by atoms with Gasteiger partial charge in [-0.05, 0) is 39.2 Å². The summed E-state index contributed by atoms with van der Waals surface area (Å²) in [6, 6.07) is -0.617. The van der Waals surface area contributed by atoms with Crippen molar-refractivity contribution in [1.82, 2.24) is 0 Å². The highest BCUT2D eigenvalue weighted by Crippen LogP contribution is 2.17. The fraction of sp³-hybridized carbons (Fsp3) is 0.583. The number of hydrogen-bond donors (Lipinski definition) is 1. The Balaban J connectivity index is 2.56. The minimum absolute atomic E-state index is 0.343. The molecule has 0 heterocycles. The topological polar surface area (TPSA) is 52.3 Å². The van der Waals surface area contributed by atoms with E-state index in [1.807, 2.05) is 32.9 Å². The first-order valence-corrected chi connectivity index (χ1v) is 5.22. The molecule has 0 unspecified atom stereocenters. The van der Waals surface area contributed by atoms with E-state index in [0.29, 0.717) is 0 Å². The van der Waals surface area contributed by atoms with Crippen molar-refractivity contribution in [2.75, 3.05) is 0 Å². The van der Waals surface area contributed by atoms with E-state index in [1.165, 1.54) is 0 Å². The Morgan fingerprint density at radius 2 is 2.13 bits per heavy atom. The zero-order chi connectivity index (χ0) is 11.5. The number of hydrogen-bond acceptors (Lipinski definition) is 3. The number of ether oxygens (including phenoxy) is 1. The van der Waals surface area contributed by atoms with E-state index in [2.05, 4.69) is 6.08 Å². The van der Waals surface area contributed by atoms with Crippen molar-refractivity contribution in [2.24, 2.45) is 5.73 Å². The van der Waals surface area contributed by atoms with E-state index in [9.17, 15) is 4.79 Å². The largest absolute Gasteiger partial charge is 0.459 e. The Hall–Kier alpha value is -1.09. The molecule has 0 saturated heterocycles. The molecule has 0 saturated carbocycles. The molecule has 1 aliphatic rings. The highest BCUT2D eigenvalue weighted by molar-refractivity contribution is 5.79. The van der Waals surface area contributed by atoms with Crippen molar-refractivity contribution in [3.05, 3.63) is 23.8 Å². The molecular weight excluding hydrogens is 190 g/mol. The molecule has 0 aliphatic heterocycles. The number of allylic oxidation sites excluding steroid dienone is 3. The highest BCUT2D eigenvalue weighted by atomic mass is 16.6. The highest BCUT2D eigenvalue weighted by Gasteiger charge is 2.24. The third kappa shape index (κ3) is 3.88. The molecule has 3 nitrogen and oxygen atoms in total. The summed E-state index contributed by atoms with van der Waals surface area (Å²) in [6.07, 6.45) is 7.69. The quantitative estimate of drug-likeness (QED) is 0.558. The van der Waals surface area contributed by atoms with Crippen molar-refractivity contribution < 1.29 is 9.53 Å². The fourth-order valence-electron chi connectivity index (χ4n) is 1.39. The first-order valence-electron chi connectivity index (χ1n) is 5.22. The predicted molar refractivity (Wildman–Crippen MR) is 60.3 cm³/mol. The maximum atomic E-state index is 11.6.